The number of nitrogens with one attached hydrogen (secondary N) is 2. The lowest BCUT2D eigenvalue weighted by Crippen LogP contribution is -2.36. The van der Waals surface area contributed by atoms with Gasteiger partial charge in [-0.25, -0.2) is 4.98 Å². The molecule has 178 valence electrons. The van der Waals surface area contributed by atoms with Crippen molar-refractivity contribution in [1.29, 1.82) is 0 Å². The van der Waals surface area contributed by atoms with Crippen molar-refractivity contribution in [2.24, 2.45) is 11.8 Å². The van der Waals surface area contributed by atoms with Crippen LogP contribution in [0.25, 0.3) is 10.2 Å². The Kier molecular flexibility index (Phi) is 7.53. The summed E-state index contributed by atoms with van der Waals surface area (Å²) in [6.07, 6.45) is 2.85. The number of aryl methyl sites for hydroxylation is 2. The number of benzene rings is 2. The number of carbonyl (C=O) groups is 3. The third kappa shape index (κ3) is 5.77. The topological polar surface area (TPSA) is 108 Å². The van der Waals surface area contributed by atoms with Gasteiger partial charge in [-0.15, -0.1) is 11.3 Å². The Hall–Kier alpha value is -2.91. The summed E-state index contributed by atoms with van der Waals surface area (Å²) in [5.41, 5.74) is 4.50. The van der Waals surface area contributed by atoms with Gasteiger partial charge in [-0.3, -0.25) is 14.4 Å². The molecule has 1 saturated carbocycles. The second-order valence-corrected chi connectivity index (χ2v) is 10.9. The van der Waals surface area contributed by atoms with E-state index in [-0.39, 0.29) is 17.6 Å². The van der Waals surface area contributed by atoms with E-state index in [0.29, 0.717) is 18.5 Å². The molecule has 0 radical (unpaired) electrons. The van der Waals surface area contributed by atoms with Crippen molar-refractivity contribution in [1.82, 2.24) is 4.98 Å². The zero-order valence-electron chi connectivity index (χ0n) is 19.1. The highest BCUT2D eigenvalue weighted by Gasteiger charge is 2.35. The molecule has 3 N–H and O–H groups in total. The van der Waals surface area contributed by atoms with Gasteiger partial charge in [0.05, 0.1) is 27.8 Å². The molecule has 2 amide bonds. The molecular formula is C25H27N3O4S2. The maximum Gasteiger partial charge on any atom is 0.307 e. The Balaban J connectivity index is 1.37. The number of carbonyl (C=O) groups excluding carboxylic acids is 2. The highest BCUT2D eigenvalue weighted by atomic mass is 32.2. The van der Waals surface area contributed by atoms with Crippen molar-refractivity contribution in [3.05, 3.63) is 47.5 Å². The van der Waals surface area contributed by atoms with Gasteiger partial charge in [-0.1, -0.05) is 30.7 Å². The average molecular weight is 498 g/mol. The number of hydrogen-bond acceptors (Lipinski definition) is 6. The molecular weight excluding hydrogens is 470 g/mol. The predicted octanol–water partition coefficient (Wildman–Crippen LogP) is 5.47. The molecule has 0 saturated heterocycles. The standard InChI is InChI=1S/C25H27N3O4S2/c1-14-7-8-16(11-15(14)2)26-22(29)13-33-25-28-20-10-9-17(12-21(20)34-25)27-23(30)18-5-3-4-6-19(18)24(31)32/h7-12,18-19H,3-6,13H2,1-2H3,(H,26,29)(H,27,30)(H,31,32)/t18-,19+/m0/s1. The SMILES string of the molecule is Cc1ccc(NC(=O)CSc2nc3ccc(NC(=O)[C@H]4CCCC[C@H]4C(=O)O)cc3s2)cc1C. The van der Waals surface area contributed by atoms with Gasteiger partial charge in [0, 0.05) is 11.4 Å². The first-order valence-corrected chi connectivity index (χ1v) is 13.0. The summed E-state index contributed by atoms with van der Waals surface area (Å²) < 4.78 is 1.67. The Morgan fingerprint density at radius 1 is 1.00 bits per heavy atom. The number of thioether (sulfide) groups is 1. The minimum absolute atomic E-state index is 0.0964. The summed E-state index contributed by atoms with van der Waals surface area (Å²) in [6.45, 7) is 4.04. The van der Waals surface area contributed by atoms with Crippen LogP contribution in [0.3, 0.4) is 0 Å². The lowest BCUT2D eigenvalue weighted by atomic mass is 9.78. The predicted molar refractivity (Wildman–Crippen MR) is 137 cm³/mol. The third-order valence-corrected chi connectivity index (χ3v) is 8.33. The summed E-state index contributed by atoms with van der Waals surface area (Å²) in [5, 5.41) is 15.3. The molecule has 0 spiro atoms. The van der Waals surface area contributed by atoms with Gasteiger partial charge in [0.15, 0.2) is 4.34 Å². The molecule has 1 fully saturated rings. The van der Waals surface area contributed by atoms with Crippen molar-refractivity contribution in [3.63, 3.8) is 0 Å². The van der Waals surface area contributed by atoms with E-state index in [1.807, 2.05) is 44.2 Å². The van der Waals surface area contributed by atoms with Crippen LogP contribution < -0.4 is 10.6 Å². The van der Waals surface area contributed by atoms with Crippen LogP contribution in [0.4, 0.5) is 11.4 Å². The van der Waals surface area contributed by atoms with Crippen LogP contribution in [0.1, 0.15) is 36.8 Å². The summed E-state index contributed by atoms with van der Waals surface area (Å²) >= 11 is 2.83. The Morgan fingerprint density at radius 2 is 1.71 bits per heavy atom. The zero-order valence-corrected chi connectivity index (χ0v) is 20.7. The quantitative estimate of drug-likeness (QED) is 0.373. The van der Waals surface area contributed by atoms with Crippen LogP contribution in [-0.4, -0.2) is 33.6 Å². The molecule has 1 aliphatic carbocycles. The maximum atomic E-state index is 12.8. The van der Waals surface area contributed by atoms with E-state index in [9.17, 15) is 19.5 Å². The first-order chi connectivity index (χ1) is 16.3. The molecule has 34 heavy (non-hydrogen) atoms. The van der Waals surface area contributed by atoms with Crippen LogP contribution >= 0.6 is 23.1 Å². The number of amides is 2. The fourth-order valence-electron chi connectivity index (χ4n) is 4.16. The Labute approximate surface area is 206 Å². The number of thiazole rings is 1. The highest BCUT2D eigenvalue weighted by molar-refractivity contribution is 8.01. The number of hydrogen-bond donors (Lipinski definition) is 3. The molecule has 0 aliphatic heterocycles. The number of aliphatic carboxylic acids is 1. The van der Waals surface area contributed by atoms with Crippen molar-refractivity contribution in [3.8, 4) is 0 Å². The molecule has 7 nitrogen and oxygen atoms in total. The van der Waals surface area contributed by atoms with Crippen LogP contribution in [0.2, 0.25) is 0 Å². The number of anilines is 2. The molecule has 2 aromatic carbocycles. The maximum absolute atomic E-state index is 12.8. The van der Waals surface area contributed by atoms with Crippen LogP contribution in [0.5, 0.6) is 0 Å². The van der Waals surface area contributed by atoms with Crippen molar-refractivity contribution in [2.45, 2.75) is 43.9 Å². The molecule has 0 unspecified atom stereocenters. The first kappa shape index (κ1) is 24.2. The third-order valence-electron chi connectivity index (χ3n) is 6.17. The summed E-state index contributed by atoms with van der Waals surface area (Å²) in [5.74, 6) is -2.13. The van der Waals surface area contributed by atoms with Gasteiger partial charge < -0.3 is 15.7 Å². The minimum Gasteiger partial charge on any atom is -0.481 e. The second-order valence-electron chi connectivity index (χ2n) is 8.62. The largest absolute Gasteiger partial charge is 0.481 e. The van der Waals surface area contributed by atoms with E-state index in [4.69, 9.17) is 0 Å². The number of carboxylic acid groups (broad SMARTS) is 1. The fourth-order valence-corrected chi connectivity index (χ4v) is 6.07. The molecule has 3 aromatic rings. The summed E-state index contributed by atoms with van der Waals surface area (Å²) in [4.78, 5) is 41.2. The van der Waals surface area contributed by atoms with Crippen LogP contribution in [0.15, 0.2) is 40.7 Å². The van der Waals surface area contributed by atoms with Crippen LogP contribution in [0, 0.1) is 25.7 Å². The van der Waals surface area contributed by atoms with E-state index >= 15 is 0 Å². The smallest absolute Gasteiger partial charge is 0.307 e. The normalized spacial score (nSPS) is 17.9. The number of nitrogens with zero attached hydrogens (tertiary/aromatic N) is 1. The van der Waals surface area contributed by atoms with E-state index < -0.39 is 17.8 Å². The fraction of sp³-hybridized carbons (Fsp3) is 0.360. The van der Waals surface area contributed by atoms with Crippen molar-refractivity contribution in [2.75, 3.05) is 16.4 Å². The monoisotopic (exact) mass is 497 g/mol. The number of rotatable bonds is 7. The van der Waals surface area contributed by atoms with Crippen molar-refractivity contribution < 1.29 is 19.5 Å². The van der Waals surface area contributed by atoms with E-state index in [0.717, 1.165) is 38.6 Å². The summed E-state index contributed by atoms with van der Waals surface area (Å²) in [7, 11) is 0. The molecule has 1 heterocycles. The van der Waals surface area contributed by atoms with Gasteiger partial charge >= 0.3 is 5.97 Å². The molecule has 2 atom stereocenters. The molecule has 0 bridgehead atoms. The zero-order chi connectivity index (χ0) is 24.2. The van der Waals surface area contributed by atoms with E-state index in [2.05, 4.69) is 15.6 Å². The number of carboxylic acids is 1. The highest BCUT2D eigenvalue weighted by Crippen LogP contribution is 2.33. The van der Waals surface area contributed by atoms with E-state index in [1.165, 1.54) is 28.7 Å². The van der Waals surface area contributed by atoms with Gasteiger partial charge in [0.1, 0.15) is 0 Å². The number of fused-ring (bicyclic) bond motifs is 1. The Morgan fingerprint density at radius 3 is 2.44 bits per heavy atom. The van der Waals surface area contributed by atoms with Crippen molar-refractivity contribution >= 4 is 62.5 Å². The molecule has 9 heteroatoms. The first-order valence-electron chi connectivity index (χ1n) is 11.2. The van der Waals surface area contributed by atoms with E-state index in [1.54, 1.807) is 6.07 Å². The molecule has 1 aromatic heterocycles. The lowest BCUT2D eigenvalue weighted by Gasteiger charge is -2.27. The van der Waals surface area contributed by atoms with Gasteiger partial charge in [0.25, 0.3) is 0 Å². The summed E-state index contributed by atoms with van der Waals surface area (Å²) in [6, 6.07) is 11.3. The van der Waals surface area contributed by atoms with Crippen LogP contribution in [-0.2, 0) is 14.4 Å². The van der Waals surface area contributed by atoms with Gasteiger partial charge in [-0.2, -0.15) is 0 Å². The molecule has 1 aliphatic rings. The average Bonchev–Trinajstić information content (AvgIpc) is 3.22. The Bertz CT molecular complexity index is 1240. The second kappa shape index (κ2) is 10.6. The number of aromatic nitrogens is 1. The molecule has 4 rings (SSSR count). The van der Waals surface area contributed by atoms with Gasteiger partial charge in [-0.05, 0) is 68.1 Å². The lowest BCUT2D eigenvalue weighted by molar-refractivity contribution is -0.147. The van der Waals surface area contributed by atoms with Gasteiger partial charge in [0.2, 0.25) is 11.8 Å². The minimum atomic E-state index is -0.902.